The summed E-state index contributed by atoms with van der Waals surface area (Å²) >= 11 is 5.92. The number of benzene rings is 1. The lowest BCUT2D eigenvalue weighted by Crippen LogP contribution is -2.11. The summed E-state index contributed by atoms with van der Waals surface area (Å²) in [7, 11) is 1.63. The van der Waals surface area contributed by atoms with Crippen molar-refractivity contribution in [1.82, 2.24) is 0 Å². The highest BCUT2D eigenvalue weighted by atomic mass is 35.5. The van der Waals surface area contributed by atoms with E-state index < -0.39 is 0 Å². The molecule has 0 aliphatic rings. The van der Waals surface area contributed by atoms with E-state index in [-0.39, 0.29) is 6.04 Å². The van der Waals surface area contributed by atoms with Gasteiger partial charge in [0.05, 0.1) is 7.11 Å². The first-order valence-electron chi connectivity index (χ1n) is 4.78. The fourth-order valence-electron chi connectivity index (χ4n) is 1.48. The van der Waals surface area contributed by atoms with Crippen molar-refractivity contribution in [1.29, 1.82) is 0 Å². The van der Waals surface area contributed by atoms with Crippen molar-refractivity contribution in [2.24, 2.45) is 5.73 Å². The van der Waals surface area contributed by atoms with Crippen LogP contribution in [0.1, 0.15) is 24.9 Å². The maximum absolute atomic E-state index is 6.04. The normalized spacial score (nSPS) is 12.3. The van der Waals surface area contributed by atoms with E-state index >= 15 is 0 Å². The summed E-state index contributed by atoms with van der Waals surface area (Å²) in [6.45, 7) is 5.80. The van der Waals surface area contributed by atoms with Crippen LogP contribution in [-0.4, -0.2) is 7.11 Å². The molecule has 0 bridgehead atoms. The lowest BCUT2D eigenvalue weighted by Gasteiger charge is -2.15. The molecule has 0 saturated heterocycles. The van der Waals surface area contributed by atoms with Gasteiger partial charge in [-0.3, -0.25) is 0 Å². The van der Waals surface area contributed by atoms with Crippen LogP contribution >= 0.6 is 11.6 Å². The molecular formula is C12H16ClNO. The van der Waals surface area contributed by atoms with Gasteiger partial charge >= 0.3 is 0 Å². The van der Waals surface area contributed by atoms with E-state index in [1.165, 1.54) is 0 Å². The minimum atomic E-state index is -0.115. The lowest BCUT2D eigenvalue weighted by atomic mass is 10.0. The molecule has 2 nitrogen and oxygen atoms in total. The predicted molar refractivity (Wildman–Crippen MR) is 64.4 cm³/mol. The highest BCUT2D eigenvalue weighted by Crippen LogP contribution is 2.29. The van der Waals surface area contributed by atoms with E-state index in [1.54, 1.807) is 13.2 Å². The molecule has 0 aliphatic carbocycles. The largest absolute Gasteiger partial charge is 0.496 e. The van der Waals surface area contributed by atoms with E-state index in [0.717, 1.165) is 23.3 Å². The van der Waals surface area contributed by atoms with Crippen molar-refractivity contribution in [2.45, 2.75) is 19.4 Å². The van der Waals surface area contributed by atoms with Crippen LogP contribution in [0.2, 0.25) is 5.02 Å². The fourth-order valence-corrected chi connectivity index (χ4v) is 1.66. The third-order valence-electron chi connectivity index (χ3n) is 2.16. The molecular weight excluding hydrogens is 210 g/mol. The Morgan fingerprint density at radius 1 is 1.60 bits per heavy atom. The van der Waals surface area contributed by atoms with Crippen LogP contribution < -0.4 is 10.5 Å². The molecule has 0 amide bonds. The number of ether oxygens (including phenoxy) is 1. The number of methoxy groups -OCH3 is 1. The lowest BCUT2D eigenvalue weighted by molar-refractivity contribution is 0.405. The van der Waals surface area contributed by atoms with Crippen LogP contribution in [0.5, 0.6) is 5.75 Å². The van der Waals surface area contributed by atoms with Gasteiger partial charge in [-0.15, -0.1) is 6.58 Å². The molecule has 0 saturated carbocycles. The third-order valence-corrected chi connectivity index (χ3v) is 2.39. The summed E-state index contributed by atoms with van der Waals surface area (Å²) in [5, 5.41) is 0.669. The van der Waals surface area contributed by atoms with Crippen molar-refractivity contribution in [3.05, 3.63) is 40.9 Å². The molecule has 1 unspecified atom stereocenters. The van der Waals surface area contributed by atoms with Gasteiger partial charge in [0, 0.05) is 16.6 Å². The second kappa shape index (κ2) is 5.19. The molecule has 0 aromatic heterocycles. The molecule has 1 aromatic carbocycles. The standard InChI is InChI=1S/C12H16ClNO/c1-8(2)6-11(14)10-7-9(13)4-5-12(10)15-3/h4-5,7,11H,1,6,14H2,2-3H3. The van der Waals surface area contributed by atoms with Crippen molar-refractivity contribution >= 4 is 11.6 Å². The van der Waals surface area contributed by atoms with Crippen molar-refractivity contribution < 1.29 is 4.74 Å². The summed E-state index contributed by atoms with van der Waals surface area (Å²) in [6.07, 6.45) is 0.733. The molecule has 0 heterocycles. The molecule has 0 aliphatic heterocycles. The molecule has 0 radical (unpaired) electrons. The minimum absolute atomic E-state index is 0.115. The van der Waals surface area contributed by atoms with E-state index in [0.29, 0.717) is 5.02 Å². The van der Waals surface area contributed by atoms with Crippen LogP contribution in [0, 0.1) is 0 Å². The number of halogens is 1. The SMILES string of the molecule is C=C(C)CC(N)c1cc(Cl)ccc1OC. The second-order valence-corrected chi connectivity index (χ2v) is 4.09. The molecule has 2 N–H and O–H groups in total. The van der Waals surface area contributed by atoms with Gasteiger partial charge in [0.15, 0.2) is 0 Å². The van der Waals surface area contributed by atoms with E-state index in [1.807, 2.05) is 19.1 Å². The van der Waals surface area contributed by atoms with Crippen LogP contribution in [0.4, 0.5) is 0 Å². The van der Waals surface area contributed by atoms with Gasteiger partial charge in [-0.25, -0.2) is 0 Å². The van der Waals surface area contributed by atoms with Crippen LogP contribution in [0.15, 0.2) is 30.4 Å². The minimum Gasteiger partial charge on any atom is -0.496 e. The molecule has 0 spiro atoms. The topological polar surface area (TPSA) is 35.2 Å². The second-order valence-electron chi connectivity index (χ2n) is 3.65. The Hall–Kier alpha value is -0.990. The van der Waals surface area contributed by atoms with E-state index in [4.69, 9.17) is 22.1 Å². The molecule has 1 atom stereocenters. The average Bonchev–Trinajstić information content (AvgIpc) is 2.16. The summed E-state index contributed by atoms with van der Waals surface area (Å²) in [5.41, 5.74) is 8.01. The van der Waals surface area contributed by atoms with E-state index in [2.05, 4.69) is 6.58 Å². The summed E-state index contributed by atoms with van der Waals surface area (Å²) in [6, 6.07) is 5.34. The zero-order valence-corrected chi connectivity index (χ0v) is 9.84. The Morgan fingerprint density at radius 2 is 2.27 bits per heavy atom. The number of hydrogen-bond donors (Lipinski definition) is 1. The average molecular weight is 226 g/mol. The summed E-state index contributed by atoms with van der Waals surface area (Å²) in [4.78, 5) is 0. The molecule has 1 aromatic rings. The van der Waals surface area contributed by atoms with Gasteiger partial charge in [-0.1, -0.05) is 17.2 Å². The Labute approximate surface area is 95.7 Å². The Balaban J connectivity index is 2.99. The highest BCUT2D eigenvalue weighted by Gasteiger charge is 2.12. The van der Waals surface area contributed by atoms with Gasteiger partial charge in [0.1, 0.15) is 5.75 Å². The van der Waals surface area contributed by atoms with Gasteiger partial charge in [0.2, 0.25) is 0 Å². The zero-order chi connectivity index (χ0) is 11.4. The first-order chi connectivity index (χ1) is 7.04. The maximum Gasteiger partial charge on any atom is 0.123 e. The number of nitrogens with two attached hydrogens (primary N) is 1. The number of hydrogen-bond acceptors (Lipinski definition) is 2. The van der Waals surface area contributed by atoms with Crippen molar-refractivity contribution in [3.8, 4) is 5.75 Å². The van der Waals surface area contributed by atoms with Gasteiger partial charge in [-0.2, -0.15) is 0 Å². The predicted octanol–water partition coefficient (Wildman–Crippen LogP) is 3.31. The summed E-state index contributed by atoms with van der Waals surface area (Å²) in [5.74, 6) is 0.771. The quantitative estimate of drug-likeness (QED) is 0.798. The van der Waals surface area contributed by atoms with Crippen LogP contribution in [-0.2, 0) is 0 Å². The monoisotopic (exact) mass is 225 g/mol. The molecule has 0 fully saturated rings. The van der Waals surface area contributed by atoms with Gasteiger partial charge in [-0.05, 0) is 31.5 Å². The van der Waals surface area contributed by atoms with E-state index in [9.17, 15) is 0 Å². The highest BCUT2D eigenvalue weighted by molar-refractivity contribution is 6.30. The molecule has 1 rings (SSSR count). The maximum atomic E-state index is 6.04. The van der Waals surface area contributed by atoms with Crippen LogP contribution in [0.25, 0.3) is 0 Å². The van der Waals surface area contributed by atoms with Gasteiger partial charge in [0.25, 0.3) is 0 Å². The van der Waals surface area contributed by atoms with Crippen LogP contribution in [0.3, 0.4) is 0 Å². The van der Waals surface area contributed by atoms with Gasteiger partial charge < -0.3 is 10.5 Å². The zero-order valence-electron chi connectivity index (χ0n) is 9.09. The first-order valence-corrected chi connectivity index (χ1v) is 5.15. The van der Waals surface area contributed by atoms with Crippen molar-refractivity contribution in [3.63, 3.8) is 0 Å². The third kappa shape index (κ3) is 3.26. The number of rotatable bonds is 4. The summed E-state index contributed by atoms with van der Waals surface area (Å²) < 4.78 is 5.23. The molecule has 15 heavy (non-hydrogen) atoms. The van der Waals surface area contributed by atoms with Crippen molar-refractivity contribution in [2.75, 3.05) is 7.11 Å². The Morgan fingerprint density at radius 3 is 2.80 bits per heavy atom. The smallest absolute Gasteiger partial charge is 0.123 e. The Kier molecular flexibility index (Phi) is 4.18. The first kappa shape index (κ1) is 12.1. The molecule has 3 heteroatoms. The fraction of sp³-hybridized carbons (Fsp3) is 0.333. The Bertz CT molecular complexity index is 363. The molecule has 82 valence electrons.